The molecule has 0 saturated heterocycles. The minimum Gasteiger partial charge on any atom is -0.247 e. The van der Waals surface area contributed by atoms with Crippen molar-refractivity contribution < 1.29 is 0 Å². The Morgan fingerprint density at radius 1 is 1.21 bits per heavy atom. The lowest BCUT2D eigenvalue weighted by Crippen LogP contribution is -2.13. The van der Waals surface area contributed by atoms with Gasteiger partial charge in [0.15, 0.2) is 0 Å². The van der Waals surface area contributed by atoms with Crippen LogP contribution in [0.25, 0.3) is 0 Å². The second-order valence-electron chi connectivity index (χ2n) is 2.65. The molecule has 0 saturated carbocycles. The molecule has 0 aliphatic heterocycles. The van der Waals surface area contributed by atoms with Crippen molar-refractivity contribution >= 4 is 35.1 Å². The Morgan fingerprint density at radius 2 is 1.71 bits per heavy atom. The van der Waals surface area contributed by atoms with Gasteiger partial charge in [-0.15, -0.1) is 0 Å². The van der Waals surface area contributed by atoms with E-state index in [9.17, 15) is 0 Å². The first-order valence-electron chi connectivity index (χ1n) is 4.41. The fourth-order valence-corrected chi connectivity index (χ4v) is 2.47. The number of nitrogens with zero attached hydrogens (tertiary/aromatic N) is 2. The van der Waals surface area contributed by atoms with Gasteiger partial charge < -0.3 is 0 Å². The van der Waals surface area contributed by atoms with Gasteiger partial charge >= 0.3 is 0 Å². The van der Waals surface area contributed by atoms with Gasteiger partial charge in [-0.05, 0) is 24.1 Å². The lowest BCUT2D eigenvalue weighted by molar-refractivity contribution is 0.525. The van der Waals surface area contributed by atoms with Crippen LogP contribution in [-0.2, 0) is 0 Å². The quantitative estimate of drug-likeness (QED) is 0.599. The highest BCUT2D eigenvalue weighted by Gasteiger charge is 2.04. The molecule has 1 heterocycles. The predicted octanol–water partition coefficient (Wildman–Crippen LogP) is 3.74. The van der Waals surface area contributed by atoms with Gasteiger partial charge in [0.2, 0.25) is 0 Å². The van der Waals surface area contributed by atoms with E-state index < -0.39 is 0 Å². The van der Waals surface area contributed by atoms with Crippen LogP contribution in [0.3, 0.4) is 0 Å². The molecule has 0 aliphatic carbocycles. The van der Waals surface area contributed by atoms with Crippen LogP contribution < -0.4 is 0 Å². The van der Waals surface area contributed by atoms with Crippen molar-refractivity contribution in [3.63, 3.8) is 0 Å². The number of hydrogen-bond donors (Lipinski definition) is 0. The molecule has 14 heavy (non-hydrogen) atoms. The zero-order chi connectivity index (χ0) is 10.6. The molecule has 0 radical (unpaired) electrons. The first kappa shape index (κ1) is 12.1. The minimum absolute atomic E-state index is 0.437. The van der Waals surface area contributed by atoms with E-state index >= 15 is 0 Å². The fourth-order valence-electron chi connectivity index (χ4n) is 0.998. The lowest BCUT2D eigenvalue weighted by atomic mass is 10.5. The van der Waals surface area contributed by atoms with Crippen molar-refractivity contribution in [2.75, 3.05) is 13.1 Å². The third kappa shape index (κ3) is 3.65. The molecule has 0 atom stereocenters. The van der Waals surface area contributed by atoms with Crippen LogP contribution in [0.4, 0.5) is 0 Å². The molecular weight excluding hydrogens is 239 g/mol. The van der Waals surface area contributed by atoms with Gasteiger partial charge in [0.25, 0.3) is 0 Å². The fraction of sp³-hybridized carbons (Fsp3) is 0.444. The van der Waals surface area contributed by atoms with Crippen molar-refractivity contribution in [2.45, 2.75) is 18.7 Å². The van der Waals surface area contributed by atoms with Crippen LogP contribution in [0, 0.1) is 0 Å². The first-order valence-corrected chi connectivity index (χ1v) is 5.94. The third-order valence-electron chi connectivity index (χ3n) is 1.68. The van der Waals surface area contributed by atoms with Crippen LogP contribution in [0.1, 0.15) is 13.8 Å². The van der Waals surface area contributed by atoms with E-state index in [2.05, 4.69) is 23.1 Å². The summed E-state index contributed by atoms with van der Waals surface area (Å²) in [5, 5.41) is 0.874. The van der Waals surface area contributed by atoms with E-state index in [0.29, 0.717) is 10.3 Å². The Labute approximate surface area is 98.7 Å². The maximum absolute atomic E-state index is 5.79. The first-order chi connectivity index (χ1) is 6.65. The SMILES string of the molecule is CCN(CC)Sc1cc(Cl)nc(Cl)c1. The van der Waals surface area contributed by atoms with Gasteiger partial charge in [0.05, 0.1) is 0 Å². The molecule has 0 amide bonds. The van der Waals surface area contributed by atoms with E-state index in [4.69, 9.17) is 23.2 Å². The van der Waals surface area contributed by atoms with Crippen LogP contribution in [0.2, 0.25) is 10.3 Å². The summed E-state index contributed by atoms with van der Waals surface area (Å²) in [6, 6.07) is 3.63. The van der Waals surface area contributed by atoms with Crippen LogP contribution >= 0.6 is 35.1 Å². The summed E-state index contributed by atoms with van der Waals surface area (Å²) < 4.78 is 2.21. The Balaban J connectivity index is 2.75. The second-order valence-corrected chi connectivity index (χ2v) is 4.60. The number of aromatic nitrogens is 1. The van der Waals surface area contributed by atoms with Gasteiger partial charge in [0.1, 0.15) is 10.3 Å². The van der Waals surface area contributed by atoms with Crippen molar-refractivity contribution in [1.29, 1.82) is 0 Å². The average molecular weight is 251 g/mol. The summed E-state index contributed by atoms with van der Waals surface area (Å²) in [6.45, 7) is 6.19. The standard InChI is InChI=1S/C9H12Cl2N2S/c1-3-13(4-2)14-7-5-8(10)12-9(11)6-7/h5-6H,3-4H2,1-2H3. The largest absolute Gasteiger partial charge is 0.247 e. The van der Waals surface area contributed by atoms with Gasteiger partial charge in [0, 0.05) is 18.0 Å². The highest BCUT2D eigenvalue weighted by Crippen LogP contribution is 2.26. The molecule has 1 aromatic rings. The maximum Gasteiger partial charge on any atom is 0.131 e. The molecule has 1 rings (SSSR count). The van der Waals surface area contributed by atoms with E-state index in [1.165, 1.54) is 0 Å². The van der Waals surface area contributed by atoms with Crippen molar-refractivity contribution in [2.24, 2.45) is 0 Å². The Hall–Kier alpha value is 0.0400. The normalized spacial score (nSPS) is 10.9. The van der Waals surface area contributed by atoms with E-state index in [1.807, 2.05) is 12.1 Å². The minimum atomic E-state index is 0.437. The smallest absolute Gasteiger partial charge is 0.131 e. The summed E-state index contributed by atoms with van der Waals surface area (Å²) in [7, 11) is 0. The van der Waals surface area contributed by atoms with Crippen molar-refractivity contribution in [3.05, 3.63) is 22.4 Å². The maximum atomic E-state index is 5.79. The zero-order valence-corrected chi connectivity index (χ0v) is 10.5. The van der Waals surface area contributed by atoms with Crippen molar-refractivity contribution in [3.8, 4) is 0 Å². The molecular formula is C9H12Cl2N2S. The van der Waals surface area contributed by atoms with Crippen LogP contribution in [-0.4, -0.2) is 22.4 Å². The van der Waals surface area contributed by atoms with Gasteiger partial charge in [-0.1, -0.05) is 37.0 Å². The number of hydrogen-bond acceptors (Lipinski definition) is 3. The molecule has 0 bridgehead atoms. The van der Waals surface area contributed by atoms with Gasteiger partial charge in [-0.25, -0.2) is 9.29 Å². The Morgan fingerprint density at radius 3 is 2.14 bits per heavy atom. The third-order valence-corrected chi connectivity index (χ3v) is 3.28. The molecule has 0 spiro atoms. The second kappa shape index (κ2) is 5.81. The molecule has 0 aliphatic rings. The topological polar surface area (TPSA) is 16.1 Å². The monoisotopic (exact) mass is 250 g/mol. The average Bonchev–Trinajstić information content (AvgIpc) is 2.12. The predicted molar refractivity (Wildman–Crippen MR) is 63.0 cm³/mol. The van der Waals surface area contributed by atoms with E-state index in [0.717, 1.165) is 18.0 Å². The van der Waals surface area contributed by atoms with Gasteiger partial charge in [-0.2, -0.15) is 0 Å². The highest BCUT2D eigenvalue weighted by atomic mass is 35.5. The van der Waals surface area contributed by atoms with E-state index in [-0.39, 0.29) is 0 Å². The number of pyridine rings is 1. The molecule has 1 aromatic heterocycles. The molecule has 78 valence electrons. The zero-order valence-electron chi connectivity index (χ0n) is 8.13. The molecule has 0 aromatic carbocycles. The van der Waals surface area contributed by atoms with E-state index in [1.54, 1.807) is 11.9 Å². The summed E-state index contributed by atoms with van der Waals surface area (Å²) >= 11 is 13.2. The Kier molecular flexibility index (Phi) is 5.02. The van der Waals surface area contributed by atoms with Crippen LogP contribution in [0.15, 0.2) is 17.0 Å². The summed E-state index contributed by atoms with van der Waals surface area (Å²) in [5.41, 5.74) is 0. The summed E-state index contributed by atoms with van der Waals surface area (Å²) in [4.78, 5) is 4.92. The molecule has 0 N–H and O–H groups in total. The van der Waals surface area contributed by atoms with Crippen molar-refractivity contribution in [1.82, 2.24) is 9.29 Å². The summed E-state index contributed by atoms with van der Waals surface area (Å²) in [6.07, 6.45) is 0. The molecule has 0 fully saturated rings. The molecule has 0 unspecified atom stereocenters. The summed E-state index contributed by atoms with van der Waals surface area (Å²) in [5.74, 6) is 0. The number of halogens is 2. The van der Waals surface area contributed by atoms with Gasteiger partial charge in [-0.3, -0.25) is 0 Å². The molecule has 5 heteroatoms. The lowest BCUT2D eigenvalue weighted by Gasteiger charge is -2.16. The highest BCUT2D eigenvalue weighted by molar-refractivity contribution is 7.97. The molecule has 2 nitrogen and oxygen atoms in total. The van der Waals surface area contributed by atoms with Crippen LogP contribution in [0.5, 0.6) is 0 Å². The number of rotatable bonds is 4. The Bertz CT molecular complexity index is 283.